The Labute approximate surface area is 201 Å². The molecule has 182 valence electrons. The highest BCUT2D eigenvalue weighted by molar-refractivity contribution is 5.91. The van der Waals surface area contributed by atoms with Crippen molar-refractivity contribution >= 4 is 16.9 Å². The SMILES string of the molecule is CCC(CCc1ccc(OC2CCCC(C)(C)C2O)c(C)c1)c1ccc2oc(C(=O)O)cc2c1. The van der Waals surface area contributed by atoms with Crippen LogP contribution >= 0.6 is 0 Å². The van der Waals surface area contributed by atoms with Crippen LogP contribution in [0.3, 0.4) is 0 Å². The second-order valence-electron chi connectivity index (χ2n) is 10.4. The quantitative estimate of drug-likeness (QED) is 0.380. The van der Waals surface area contributed by atoms with Crippen molar-refractivity contribution in [2.75, 3.05) is 0 Å². The number of furan rings is 1. The van der Waals surface area contributed by atoms with E-state index in [-0.39, 0.29) is 17.3 Å². The minimum absolute atomic E-state index is 0.0257. The Bertz CT molecular complexity index is 1160. The smallest absolute Gasteiger partial charge is 0.371 e. The number of hydrogen-bond donors (Lipinski definition) is 2. The van der Waals surface area contributed by atoms with E-state index in [0.29, 0.717) is 11.5 Å². The number of benzene rings is 2. The number of carbonyl (C=O) groups is 1. The maximum absolute atomic E-state index is 11.2. The van der Waals surface area contributed by atoms with Gasteiger partial charge in [0.15, 0.2) is 0 Å². The maximum atomic E-state index is 11.2. The van der Waals surface area contributed by atoms with Gasteiger partial charge in [0.1, 0.15) is 17.4 Å². The standard InChI is InChI=1S/C29H36O5/c1-5-20(21-11-13-24-22(16-21)17-26(34-24)28(31)32)10-8-19-9-12-23(18(2)15-19)33-25-7-6-14-29(3,4)27(25)30/h9,11-13,15-17,20,25,27,30H,5-8,10,14H2,1-4H3,(H,31,32). The topological polar surface area (TPSA) is 79.9 Å². The van der Waals surface area contributed by atoms with Crippen LogP contribution in [0.1, 0.15) is 86.0 Å². The van der Waals surface area contributed by atoms with Crippen molar-refractivity contribution in [3.63, 3.8) is 0 Å². The lowest BCUT2D eigenvalue weighted by molar-refractivity contribution is -0.0691. The van der Waals surface area contributed by atoms with Crippen LogP contribution in [0.2, 0.25) is 0 Å². The summed E-state index contributed by atoms with van der Waals surface area (Å²) in [6, 6.07) is 13.9. The van der Waals surface area contributed by atoms with E-state index in [4.69, 9.17) is 9.15 Å². The van der Waals surface area contributed by atoms with Crippen molar-refractivity contribution in [3.8, 4) is 5.75 Å². The minimum Gasteiger partial charge on any atom is -0.487 e. The highest BCUT2D eigenvalue weighted by Gasteiger charge is 2.39. The van der Waals surface area contributed by atoms with E-state index in [2.05, 4.69) is 45.9 Å². The number of carboxylic acids is 1. The Morgan fingerprint density at radius 3 is 2.71 bits per heavy atom. The van der Waals surface area contributed by atoms with Crippen LogP contribution in [0.4, 0.5) is 0 Å². The van der Waals surface area contributed by atoms with E-state index in [0.717, 1.165) is 55.2 Å². The van der Waals surface area contributed by atoms with Gasteiger partial charge in [0.25, 0.3) is 0 Å². The highest BCUT2D eigenvalue weighted by atomic mass is 16.5. The predicted molar refractivity (Wildman–Crippen MR) is 134 cm³/mol. The molecule has 1 aromatic heterocycles. The molecule has 1 aliphatic carbocycles. The summed E-state index contributed by atoms with van der Waals surface area (Å²) in [7, 11) is 0. The molecule has 2 N–H and O–H groups in total. The van der Waals surface area contributed by atoms with Gasteiger partial charge in [0.2, 0.25) is 5.76 Å². The average Bonchev–Trinajstić information content (AvgIpc) is 3.23. The molecule has 2 aromatic carbocycles. The molecular weight excluding hydrogens is 428 g/mol. The molecular formula is C29H36O5. The lowest BCUT2D eigenvalue weighted by Gasteiger charge is -2.40. The lowest BCUT2D eigenvalue weighted by atomic mass is 9.73. The summed E-state index contributed by atoms with van der Waals surface area (Å²) in [6.07, 6.45) is 5.33. The fourth-order valence-electron chi connectivity index (χ4n) is 5.22. The van der Waals surface area contributed by atoms with Gasteiger partial charge < -0.3 is 19.4 Å². The molecule has 3 unspecified atom stereocenters. The fourth-order valence-corrected chi connectivity index (χ4v) is 5.22. The highest BCUT2D eigenvalue weighted by Crippen LogP contribution is 2.38. The monoisotopic (exact) mass is 464 g/mol. The van der Waals surface area contributed by atoms with Crippen molar-refractivity contribution in [3.05, 3.63) is 64.9 Å². The zero-order chi connectivity index (χ0) is 24.5. The number of carboxylic acid groups (broad SMARTS) is 1. The third-order valence-electron chi connectivity index (χ3n) is 7.48. The first-order valence-electron chi connectivity index (χ1n) is 12.4. The van der Waals surface area contributed by atoms with Crippen LogP contribution in [0, 0.1) is 12.3 Å². The van der Waals surface area contributed by atoms with E-state index in [9.17, 15) is 15.0 Å². The number of hydrogen-bond acceptors (Lipinski definition) is 4. The van der Waals surface area contributed by atoms with Crippen LogP contribution in [-0.4, -0.2) is 28.4 Å². The Morgan fingerprint density at radius 1 is 1.21 bits per heavy atom. The van der Waals surface area contributed by atoms with Gasteiger partial charge in [-0.25, -0.2) is 4.79 Å². The first-order valence-corrected chi connectivity index (χ1v) is 12.4. The van der Waals surface area contributed by atoms with Crippen molar-refractivity contribution in [2.24, 2.45) is 5.41 Å². The minimum atomic E-state index is -1.05. The van der Waals surface area contributed by atoms with Gasteiger partial charge in [-0.2, -0.15) is 0 Å². The number of aliphatic hydroxyl groups excluding tert-OH is 1. The molecule has 0 saturated heterocycles. The molecule has 1 aliphatic rings. The molecule has 5 heteroatoms. The van der Waals surface area contributed by atoms with Gasteiger partial charge in [0, 0.05) is 5.39 Å². The largest absolute Gasteiger partial charge is 0.487 e. The molecule has 1 heterocycles. The summed E-state index contributed by atoms with van der Waals surface area (Å²) in [5.74, 6) is 0.164. The number of fused-ring (bicyclic) bond motifs is 1. The zero-order valence-electron chi connectivity index (χ0n) is 20.6. The third-order valence-corrected chi connectivity index (χ3v) is 7.48. The molecule has 0 bridgehead atoms. The molecule has 1 saturated carbocycles. The molecule has 5 nitrogen and oxygen atoms in total. The van der Waals surface area contributed by atoms with Crippen LogP contribution in [-0.2, 0) is 6.42 Å². The van der Waals surface area contributed by atoms with Gasteiger partial charge >= 0.3 is 5.97 Å². The molecule has 0 spiro atoms. The molecule has 1 fully saturated rings. The molecule has 4 rings (SSSR count). The Hall–Kier alpha value is -2.79. The summed E-state index contributed by atoms with van der Waals surface area (Å²) < 4.78 is 11.7. The van der Waals surface area contributed by atoms with Crippen molar-refractivity contribution in [1.82, 2.24) is 0 Å². The van der Waals surface area contributed by atoms with Gasteiger partial charge in [-0.3, -0.25) is 0 Å². The van der Waals surface area contributed by atoms with E-state index >= 15 is 0 Å². The second-order valence-corrected chi connectivity index (χ2v) is 10.4. The summed E-state index contributed by atoms with van der Waals surface area (Å²) in [5, 5.41) is 20.7. The summed E-state index contributed by atoms with van der Waals surface area (Å²) in [5.41, 5.74) is 4.07. The van der Waals surface area contributed by atoms with Crippen molar-refractivity contribution in [1.29, 1.82) is 0 Å². The second kappa shape index (κ2) is 9.83. The number of aromatic carboxylic acids is 1. The zero-order valence-corrected chi connectivity index (χ0v) is 20.6. The number of aliphatic hydroxyl groups is 1. The molecule has 0 aliphatic heterocycles. The maximum Gasteiger partial charge on any atom is 0.371 e. The number of ether oxygens (including phenoxy) is 1. The Balaban J connectivity index is 1.42. The lowest BCUT2D eigenvalue weighted by Crippen LogP contribution is -2.46. The predicted octanol–water partition coefficient (Wildman–Crippen LogP) is 6.88. The molecule has 0 amide bonds. The molecule has 3 aromatic rings. The van der Waals surface area contributed by atoms with E-state index in [1.54, 1.807) is 6.07 Å². The van der Waals surface area contributed by atoms with Gasteiger partial charge in [-0.15, -0.1) is 0 Å². The van der Waals surface area contributed by atoms with Crippen LogP contribution in [0.15, 0.2) is 46.9 Å². The van der Waals surface area contributed by atoms with E-state index in [1.807, 2.05) is 18.2 Å². The van der Waals surface area contributed by atoms with Crippen molar-refractivity contribution in [2.45, 2.75) is 84.3 Å². The first-order chi connectivity index (χ1) is 16.2. The van der Waals surface area contributed by atoms with Gasteiger partial charge in [-0.05, 0) is 97.7 Å². The molecule has 3 atom stereocenters. The number of rotatable bonds is 8. The van der Waals surface area contributed by atoms with Crippen molar-refractivity contribution < 1.29 is 24.2 Å². The number of aryl methyl sites for hydroxylation is 2. The summed E-state index contributed by atoms with van der Waals surface area (Å²) in [4.78, 5) is 11.2. The van der Waals surface area contributed by atoms with Crippen LogP contribution < -0.4 is 4.74 Å². The van der Waals surface area contributed by atoms with Gasteiger partial charge in [0.05, 0.1) is 6.10 Å². The molecule has 0 radical (unpaired) electrons. The summed E-state index contributed by atoms with van der Waals surface area (Å²) >= 11 is 0. The van der Waals surface area contributed by atoms with Crippen LogP contribution in [0.5, 0.6) is 5.75 Å². The summed E-state index contributed by atoms with van der Waals surface area (Å²) in [6.45, 7) is 8.49. The third kappa shape index (κ3) is 5.15. The Morgan fingerprint density at radius 2 is 2.00 bits per heavy atom. The average molecular weight is 465 g/mol. The van der Waals surface area contributed by atoms with E-state index in [1.165, 1.54) is 11.1 Å². The van der Waals surface area contributed by atoms with Crippen LogP contribution in [0.25, 0.3) is 11.0 Å². The molecule has 34 heavy (non-hydrogen) atoms. The normalized spacial score (nSPS) is 20.9. The fraction of sp³-hybridized carbons (Fsp3) is 0.483. The first kappa shape index (κ1) is 24.3. The van der Waals surface area contributed by atoms with Gasteiger partial charge in [-0.1, -0.05) is 39.0 Å². The Kier molecular flexibility index (Phi) is 7.04. The van der Waals surface area contributed by atoms with E-state index < -0.39 is 12.1 Å².